The standard InChI is InChI=1S/C23H38N2O4S2/c1-16(2)14-24-18-7-12-21(25-22(26)29-23(3,4)5)17(13-18)15-31(27,28)20-10-8-19(30-6)9-11-20/h8-11,16-18,21,24H,7,12-15H2,1-6H3,(H,25,26). The fourth-order valence-corrected chi connectivity index (χ4v) is 5.93. The van der Waals surface area contributed by atoms with Gasteiger partial charge < -0.3 is 15.4 Å². The number of hydrogen-bond donors (Lipinski definition) is 2. The summed E-state index contributed by atoms with van der Waals surface area (Å²) in [5, 5.41) is 6.51. The van der Waals surface area contributed by atoms with Crippen LogP contribution in [0.5, 0.6) is 0 Å². The molecule has 1 aliphatic carbocycles. The third kappa shape index (κ3) is 8.66. The molecule has 176 valence electrons. The van der Waals surface area contributed by atoms with Gasteiger partial charge in [-0.1, -0.05) is 13.8 Å². The van der Waals surface area contributed by atoms with Crippen molar-refractivity contribution >= 4 is 27.7 Å². The maximum absolute atomic E-state index is 13.2. The van der Waals surface area contributed by atoms with Crippen molar-refractivity contribution in [1.29, 1.82) is 0 Å². The average molecular weight is 471 g/mol. The van der Waals surface area contributed by atoms with Gasteiger partial charge in [0.25, 0.3) is 0 Å². The smallest absolute Gasteiger partial charge is 0.407 e. The molecule has 0 aliphatic heterocycles. The van der Waals surface area contributed by atoms with Crippen molar-refractivity contribution < 1.29 is 17.9 Å². The van der Waals surface area contributed by atoms with Crippen LogP contribution in [0, 0.1) is 11.8 Å². The van der Waals surface area contributed by atoms with E-state index in [0.717, 1.165) is 24.3 Å². The first-order chi connectivity index (χ1) is 14.4. The summed E-state index contributed by atoms with van der Waals surface area (Å²) in [5.41, 5.74) is -0.597. The van der Waals surface area contributed by atoms with Crippen molar-refractivity contribution in [3.63, 3.8) is 0 Å². The molecular formula is C23H38N2O4S2. The summed E-state index contributed by atoms with van der Waals surface area (Å²) in [7, 11) is -3.47. The summed E-state index contributed by atoms with van der Waals surface area (Å²) in [5.74, 6) is 0.345. The molecule has 31 heavy (non-hydrogen) atoms. The molecule has 1 aliphatic rings. The van der Waals surface area contributed by atoms with Gasteiger partial charge >= 0.3 is 6.09 Å². The minimum atomic E-state index is -3.47. The van der Waals surface area contributed by atoms with Crippen molar-refractivity contribution in [2.75, 3.05) is 18.6 Å². The first-order valence-corrected chi connectivity index (χ1v) is 13.9. The number of benzene rings is 1. The minimum Gasteiger partial charge on any atom is -0.444 e. The minimum absolute atomic E-state index is 0.00589. The first-order valence-electron chi connectivity index (χ1n) is 11.0. The lowest BCUT2D eigenvalue weighted by Gasteiger charge is -2.37. The number of thioether (sulfide) groups is 1. The van der Waals surface area contributed by atoms with Gasteiger partial charge in [-0.25, -0.2) is 13.2 Å². The van der Waals surface area contributed by atoms with Gasteiger partial charge in [0.1, 0.15) is 5.60 Å². The largest absolute Gasteiger partial charge is 0.444 e. The predicted molar refractivity (Wildman–Crippen MR) is 127 cm³/mol. The van der Waals surface area contributed by atoms with E-state index < -0.39 is 21.5 Å². The highest BCUT2D eigenvalue weighted by molar-refractivity contribution is 7.98. The molecule has 1 fully saturated rings. The number of amides is 1. The fourth-order valence-electron chi connectivity index (χ4n) is 3.85. The summed E-state index contributed by atoms with van der Waals surface area (Å²) in [4.78, 5) is 13.7. The molecule has 3 unspecified atom stereocenters. The van der Waals surface area contributed by atoms with Crippen molar-refractivity contribution in [3.8, 4) is 0 Å². The summed E-state index contributed by atoms with van der Waals surface area (Å²) in [6.45, 7) is 10.7. The van der Waals surface area contributed by atoms with Gasteiger partial charge in [0.05, 0.1) is 10.6 Å². The second-order valence-electron chi connectivity index (χ2n) is 9.78. The molecule has 0 aromatic heterocycles. The molecule has 1 aromatic carbocycles. The Kier molecular flexibility index (Phi) is 9.27. The van der Waals surface area contributed by atoms with Crippen LogP contribution in [0.1, 0.15) is 53.9 Å². The van der Waals surface area contributed by atoms with E-state index in [1.165, 1.54) is 0 Å². The summed E-state index contributed by atoms with van der Waals surface area (Å²) < 4.78 is 31.7. The van der Waals surface area contributed by atoms with Crippen molar-refractivity contribution in [1.82, 2.24) is 10.6 Å². The number of alkyl carbamates (subject to hydrolysis) is 1. The van der Waals surface area contributed by atoms with Crippen LogP contribution >= 0.6 is 11.8 Å². The number of nitrogens with one attached hydrogen (secondary N) is 2. The van der Waals surface area contributed by atoms with Crippen LogP contribution in [0.15, 0.2) is 34.1 Å². The normalized spacial score (nSPS) is 22.4. The summed E-state index contributed by atoms with van der Waals surface area (Å²) in [6.07, 6.45) is 3.79. The molecule has 2 rings (SSSR count). The molecule has 1 amide bonds. The van der Waals surface area contributed by atoms with Gasteiger partial charge in [-0.3, -0.25) is 0 Å². The topological polar surface area (TPSA) is 84.5 Å². The predicted octanol–water partition coefficient (Wildman–Crippen LogP) is 4.49. The molecule has 0 bridgehead atoms. The molecule has 1 saturated carbocycles. The first kappa shape index (κ1) is 26.0. The van der Waals surface area contributed by atoms with Gasteiger partial charge in [-0.05, 0) is 88.9 Å². The number of sulfone groups is 1. The van der Waals surface area contributed by atoms with Crippen LogP contribution in [0.4, 0.5) is 4.79 Å². The zero-order chi connectivity index (χ0) is 23.2. The van der Waals surface area contributed by atoms with Gasteiger partial charge in [-0.15, -0.1) is 11.8 Å². The van der Waals surface area contributed by atoms with Crippen molar-refractivity contribution in [2.45, 2.75) is 81.4 Å². The highest BCUT2D eigenvalue weighted by Crippen LogP contribution is 2.29. The molecule has 2 N–H and O–H groups in total. The molecule has 0 saturated heterocycles. The molecule has 8 heteroatoms. The molecule has 0 radical (unpaired) electrons. The summed E-state index contributed by atoms with van der Waals surface area (Å²) in [6, 6.07) is 7.04. The summed E-state index contributed by atoms with van der Waals surface area (Å²) >= 11 is 1.58. The van der Waals surface area contributed by atoms with Crippen LogP contribution in [0.3, 0.4) is 0 Å². The van der Waals surface area contributed by atoms with E-state index >= 15 is 0 Å². The van der Waals surface area contributed by atoms with Gasteiger partial charge in [-0.2, -0.15) is 0 Å². The third-order valence-corrected chi connectivity index (χ3v) is 7.95. The zero-order valence-corrected chi connectivity index (χ0v) is 21.2. The number of carbonyl (C=O) groups is 1. The number of carbonyl (C=O) groups excluding carboxylic acids is 1. The number of ether oxygens (including phenoxy) is 1. The quantitative estimate of drug-likeness (QED) is 0.545. The average Bonchev–Trinajstić information content (AvgIpc) is 2.66. The Bertz CT molecular complexity index is 817. The Labute approximate surface area is 192 Å². The SMILES string of the molecule is CSc1ccc(S(=O)(=O)CC2CC(NCC(C)C)CCC2NC(=O)OC(C)(C)C)cc1. The highest BCUT2D eigenvalue weighted by atomic mass is 32.2. The Morgan fingerprint density at radius 2 is 1.84 bits per heavy atom. The molecule has 0 spiro atoms. The van der Waals surface area contributed by atoms with Crippen LogP contribution in [-0.2, 0) is 14.6 Å². The van der Waals surface area contributed by atoms with Gasteiger partial charge in [0, 0.05) is 17.0 Å². The van der Waals surface area contributed by atoms with Crippen LogP contribution in [0.2, 0.25) is 0 Å². The van der Waals surface area contributed by atoms with Crippen molar-refractivity contribution in [2.24, 2.45) is 11.8 Å². The molecule has 3 atom stereocenters. The number of rotatable bonds is 8. The van der Waals surface area contributed by atoms with E-state index in [1.807, 2.05) is 39.2 Å². The fraction of sp³-hybridized carbons (Fsp3) is 0.696. The van der Waals surface area contributed by atoms with Gasteiger partial charge in [0.15, 0.2) is 9.84 Å². The van der Waals surface area contributed by atoms with E-state index in [2.05, 4.69) is 24.5 Å². The van der Waals surface area contributed by atoms with E-state index in [1.54, 1.807) is 23.9 Å². The molecule has 1 aromatic rings. The molecule has 6 nitrogen and oxygen atoms in total. The van der Waals surface area contributed by atoms with Crippen LogP contribution < -0.4 is 10.6 Å². The van der Waals surface area contributed by atoms with E-state index in [0.29, 0.717) is 17.2 Å². The van der Waals surface area contributed by atoms with E-state index in [9.17, 15) is 13.2 Å². The second kappa shape index (κ2) is 11.1. The van der Waals surface area contributed by atoms with Crippen molar-refractivity contribution in [3.05, 3.63) is 24.3 Å². The van der Waals surface area contributed by atoms with E-state index in [4.69, 9.17) is 4.74 Å². The highest BCUT2D eigenvalue weighted by Gasteiger charge is 2.35. The van der Waals surface area contributed by atoms with Gasteiger partial charge in [0.2, 0.25) is 0 Å². The van der Waals surface area contributed by atoms with Crippen LogP contribution in [-0.4, -0.2) is 50.7 Å². The van der Waals surface area contributed by atoms with E-state index in [-0.39, 0.29) is 23.8 Å². The third-order valence-electron chi connectivity index (χ3n) is 5.35. The zero-order valence-electron chi connectivity index (χ0n) is 19.6. The lowest BCUT2D eigenvalue weighted by Crippen LogP contribution is -2.51. The Balaban J connectivity index is 2.16. The Hall–Kier alpha value is -1.25. The molecule has 0 heterocycles. The lowest BCUT2D eigenvalue weighted by atomic mass is 9.82. The molecular weight excluding hydrogens is 432 g/mol. The monoisotopic (exact) mass is 470 g/mol. The second-order valence-corrected chi connectivity index (χ2v) is 12.7. The Morgan fingerprint density at radius 1 is 1.19 bits per heavy atom. The maximum atomic E-state index is 13.2. The Morgan fingerprint density at radius 3 is 2.39 bits per heavy atom. The van der Waals surface area contributed by atoms with Crippen LogP contribution in [0.25, 0.3) is 0 Å². The number of hydrogen-bond acceptors (Lipinski definition) is 6. The lowest BCUT2D eigenvalue weighted by molar-refractivity contribution is 0.0467. The maximum Gasteiger partial charge on any atom is 0.407 e.